The standard InChI is InChI=1S/C15H20BBrO3/c1-10-11(13(18)7-6-12(10)17)8-9-16-19-14(2,3)15(4,5)20-16/h6-9,18H,1-5H3. The van der Waals surface area contributed by atoms with Gasteiger partial charge in [0.05, 0.1) is 11.2 Å². The van der Waals surface area contributed by atoms with Gasteiger partial charge in [-0.05, 0) is 52.3 Å². The van der Waals surface area contributed by atoms with Crippen LogP contribution < -0.4 is 0 Å². The molecule has 108 valence electrons. The van der Waals surface area contributed by atoms with E-state index >= 15 is 0 Å². The quantitative estimate of drug-likeness (QED) is 0.825. The van der Waals surface area contributed by atoms with E-state index in [4.69, 9.17) is 9.31 Å². The van der Waals surface area contributed by atoms with Gasteiger partial charge in [-0.2, -0.15) is 0 Å². The largest absolute Gasteiger partial charge is 0.507 e. The second-order valence-electron chi connectivity index (χ2n) is 6.09. The molecule has 1 heterocycles. The zero-order chi connectivity index (χ0) is 15.1. The maximum atomic E-state index is 9.94. The summed E-state index contributed by atoms with van der Waals surface area (Å²) >= 11 is 3.46. The normalized spacial score (nSPS) is 20.8. The van der Waals surface area contributed by atoms with E-state index in [9.17, 15) is 5.11 Å². The van der Waals surface area contributed by atoms with Gasteiger partial charge in [-0.15, -0.1) is 0 Å². The molecule has 1 fully saturated rings. The Bertz CT molecular complexity index is 536. The molecule has 2 rings (SSSR count). The Kier molecular flexibility index (Phi) is 4.06. The van der Waals surface area contributed by atoms with Gasteiger partial charge in [0.15, 0.2) is 0 Å². The van der Waals surface area contributed by atoms with Crippen molar-refractivity contribution in [3.05, 3.63) is 33.7 Å². The molecule has 3 nitrogen and oxygen atoms in total. The van der Waals surface area contributed by atoms with E-state index in [2.05, 4.69) is 15.9 Å². The van der Waals surface area contributed by atoms with E-state index in [-0.39, 0.29) is 17.0 Å². The van der Waals surface area contributed by atoms with Crippen molar-refractivity contribution in [2.45, 2.75) is 45.8 Å². The third-order valence-electron chi connectivity index (χ3n) is 4.12. The van der Waals surface area contributed by atoms with Crippen LogP contribution in [0.15, 0.2) is 22.6 Å². The molecular weight excluding hydrogens is 319 g/mol. The third kappa shape index (κ3) is 2.80. The van der Waals surface area contributed by atoms with E-state index in [1.54, 1.807) is 6.07 Å². The summed E-state index contributed by atoms with van der Waals surface area (Å²) in [6.07, 6.45) is 1.84. The zero-order valence-electron chi connectivity index (χ0n) is 12.5. The van der Waals surface area contributed by atoms with Crippen LogP contribution in [-0.4, -0.2) is 23.4 Å². The highest BCUT2D eigenvalue weighted by molar-refractivity contribution is 9.10. The summed E-state index contributed by atoms with van der Waals surface area (Å²) in [7, 11) is -0.405. The number of aromatic hydroxyl groups is 1. The van der Waals surface area contributed by atoms with Crippen molar-refractivity contribution in [3.63, 3.8) is 0 Å². The van der Waals surface area contributed by atoms with E-state index in [0.717, 1.165) is 15.6 Å². The van der Waals surface area contributed by atoms with E-state index in [1.165, 1.54) is 0 Å². The Morgan fingerprint density at radius 1 is 1.15 bits per heavy atom. The molecule has 1 aliphatic heterocycles. The van der Waals surface area contributed by atoms with E-state index in [1.807, 2.05) is 52.7 Å². The maximum Gasteiger partial charge on any atom is 0.487 e. The van der Waals surface area contributed by atoms with Crippen LogP contribution in [-0.2, 0) is 9.31 Å². The molecule has 1 saturated heterocycles. The number of benzene rings is 1. The minimum absolute atomic E-state index is 0.249. The van der Waals surface area contributed by atoms with Crippen LogP contribution >= 0.6 is 15.9 Å². The lowest BCUT2D eigenvalue weighted by Gasteiger charge is -2.32. The SMILES string of the molecule is Cc1c(Br)ccc(O)c1C=CB1OC(C)(C)C(C)(C)O1. The molecule has 1 aliphatic rings. The van der Waals surface area contributed by atoms with Gasteiger partial charge in [-0.3, -0.25) is 0 Å². The molecule has 20 heavy (non-hydrogen) atoms. The van der Waals surface area contributed by atoms with Gasteiger partial charge in [0.25, 0.3) is 0 Å². The number of phenolic OH excluding ortho intramolecular Hbond substituents is 1. The first-order valence-electron chi connectivity index (χ1n) is 6.66. The Hall–Kier alpha value is -0.775. The number of rotatable bonds is 2. The highest BCUT2D eigenvalue weighted by atomic mass is 79.9. The number of hydrogen-bond donors (Lipinski definition) is 1. The summed E-state index contributed by atoms with van der Waals surface area (Å²) in [5.74, 6) is 2.09. The number of hydrogen-bond acceptors (Lipinski definition) is 3. The van der Waals surface area contributed by atoms with Gasteiger partial charge in [0.1, 0.15) is 5.75 Å². The molecule has 0 bridgehead atoms. The average molecular weight is 339 g/mol. The smallest absolute Gasteiger partial charge is 0.487 e. The first-order valence-corrected chi connectivity index (χ1v) is 7.45. The summed E-state index contributed by atoms with van der Waals surface area (Å²) < 4.78 is 12.7. The monoisotopic (exact) mass is 338 g/mol. The molecule has 0 radical (unpaired) electrons. The summed E-state index contributed by atoms with van der Waals surface area (Å²) in [5, 5.41) is 9.94. The minimum atomic E-state index is -0.405. The van der Waals surface area contributed by atoms with Crippen LogP contribution in [0.4, 0.5) is 0 Å². The fraction of sp³-hybridized carbons (Fsp3) is 0.467. The molecule has 0 spiro atoms. The highest BCUT2D eigenvalue weighted by Gasteiger charge is 2.50. The molecule has 1 aromatic carbocycles. The van der Waals surface area contributed by atoms with Crippen molar-refractivity contribution in [1.29, 1.82) is 0 Å². The Morgan fingerprint density at radius 3 is 2.25 bits per heavy atom. The second kappa shape index (κ2) is 5.21. The summed E-state index contributed by atoms with van der Waals surface area (Å²) in [5.41, 5.74) is 1.05. The lowest BCUT2D eigenvalue weighted by molar-refractivity contribution is 0.00578. The third-order valence-corrected chi connectivity index (χ3v) is 4.98. The molecule has 0 saturated carbocycles. The van der Waals surface area contributed by atoms with Gasteiger partial charge in [0, 0.05) is 10.0 Å². The molecule has 0 aromatic heterocycles. The van der Waals surface area contributed by atoms with Crippen LogP contribution in [0.1, 0.15) is 38.8 Å². The van der Waals surface area contributed by atoms with Crippen LogP contribution in [0.25, 0.3) is 6.08 Å². The molecule has 0 unspecified atom stereocenters. The summed E-state index contributed by atoms with van der Waals surface area (Å²) in [6, 6.07) is 3.50. The molecule has 1 N–H and O–H groups in total. The lowest BCUT2D eigenvalue weighted by Crippen LogP contribution is -2.41. The predicted octanol–water partition coefficient (Wildman–Crippen LogP) is 4.11. The molecule has 0 amide bonds. The molecular formula is C15H20BBrO3. The average Bonchev–Trinajstić information content (AvgIpc) is 2.53. The van der Waals surface area contributed by atoms with Gasteiger partial charge >= 0.3 is 7.12 Å². The molecule has 1 aromatic rings. The predicted molar refractivity (Wildman–Crippen MR) is 85.7 cm³/mol. The van der Waals surface area contributed by atoms with Crippen LogP contribution in [0.2, 0.25) is 0 Å². The fourth-order valence-corrected chi connectivity index (χ4v) is 2.39. The molecule has 0 atom stereocenters. The highest BCUT2D eigenvalue weighted by Crippen LogP contribution is 2.37. The second-order valence-corrected chi connectivity index (χ2v) is 6.94. The van der Waals surface area contributed by atoms with Crippen molar-refractivity contribution in [1.82, 2.24) is 0 Å². The zero-order valence-corrected chi connectivity index (χ0v) is 14.1. The number of phenols is 1. The summed E-state index contributed by atoms with van der Waals surface area (Å²) in [6.45, 7) is 10.0. The van der Waals surface area contributed by atoms with Crippen LogP contribution in [0.3, 0.4) is 0 Å². The molecule has 5 heteroatoms. The summed E-state index contributed by atoms with van der Waals surface area (Å²) in [4.78, 5) is 0. The Morgan fingerprint density at radius 2 is 1.70 bits per heavy atom. The van der Waals surface area contributed by atoms with Crippen molar-refractivity contribution in [3.8, 4) is 5.75 Å². The van der Waals surface area contributed by atoms with E-state index < -0.39 is 7.12 Å². The minimum Gasteiger partial charge on any atom is -0.507 e. The number of halogens is 1. The van der Waals surface area contributed by atoms with Crippen LogP contribution in [0.5, 0.6) is 5.75 Å². The first-order chi connectivity index (χ1) is 9.14. The van der Waals surface area contributed by atoms with Crippen molar-refractivity contribution >= 4 is 29.1 Å². The van der Waals surface area contributed by atoms with Gasteiger partial charge in [0.2, 0.25) is 0 Å². The fourth-order valence-electron chi connectivity index (χ4n) is 2.04. The Balaban J connectivity index is 2.22. The van der Waals surface area contributed by atoms with Gasteiger partial charge in [-0.25, -0.2) is 0 Å². The Labute approximate surface area is 129 Å². The maximum absolute atomic E-state index is 9.94. The van der Waals surface area contributed by atoms with Crippen LogP contribution in [0, 0.1) is 6.92 Å². The van der Waals surface area contributed by atoms with Gasteiger partial charge in [-0.1, -0.05) is 28.0 Å². The van der Waals surface area contributed by atoms with Gasteiger partial charge < -0.3 is 14.4 Å². The van der Waals surface area contributed by atoms with Crippen molar-refractivity contribution in [2.75, 3.05) is 0 Å². The van der Waals surface area contributed by atoms with E-state index in [0.29, 0.717) is 0 Å². The topological polar surface area (TPSA) is 38.7 Å². The first kappa shape index (κ1) is 15.6. The van der Waals surface area contributed by atoms with Crippen molar-refractivity contribution in [2.24, 2.45) is 0 Å². The lowest BCUT2D eigenvalue weighted by atomic mass is 9.88. The van der Waals surface area contributed by atoms with Crippen molar-refractivity contribution < 1.29 is 14.4 Å². The molecule has 0 aliphatic carbocycles.